The van der Waals surface area contributed by atoms with Crippen LogP contribution < -0.4 is 15.5 Å². The second kappa shape index (κ2) is 8.99. The maximum absolute atomic E-state index is 7.55. The Morgan fingerprint density at radius 2 is 2.00 bits per heavy atom. The van der Waals surface area contributed by atoms with Gasteiger partial charge in [0.2, 0.25) is 5.95 Å². The molecule has 0 unspecified atom stereocenters. The summed E-state index contributed by atoms with van der Waals surface area (Å²) < 4.78 is 0. The smallest absolute Gasteiger partial charge is 0.225 e. The SMILES string of the molecule is CNc1ccc(NCC[C@@H]2C[C@@H]2C2CCN(c3ncc(Cl)cn3)CC2)cc1C=N. The van der Waals surface area contributed by atoms with E-state index in [4.69, 9.17) is 17.0 Å². The van der Waals surface area contributed by atoms with Crippen LogP contribution in [0.3, 0.4) is 0 Å². The Bertz CT molecular complexity index is 832. The van der Waals surface area contributed by atoms with Crippen molar-refractivity contribution in [1.82, 2.24) is 9.97 Å². The second-order valence-electron chi connectivity index (χ2n) is 8.10. The molecule has 4 rings (SSSR count). The standard InChI is InChI=1S/C22H29ClN6/c1-25-21-3-2-19(10-17(21)12-24)26-7-4-16-11-20(16)15-5-8-29(9-6-15)22-27-13-18(23)14-28-22/h2-3,10,12-16,20,24-26H,4-9,11H2,1H3/t16-,20-/m1/s1. The molecule has 2 heterocycles. The van der Waals surface area contributed by atoms with E-state index < -0.39 is 0 Å². The van der Waals surface area contributed by atoms with Gasteiger partial charge in [-0.15, -0.1) is 0 Å². The molecular weight excluding hydrogens is 384 g/mol. The molecule has 1 saturated heterocycles. The van der Waals surface area contributed by atoms with Crippen molar-refractivity contribution in [2.75, 3.05) is 42.2 Å². The average Bonchev–Trinajstić information content (AvgIpc) is 3.54. The van der Waals surface area contributed by atoms with Crippen molar-refractivity contribution >= 4 is 35.1 Å². The van der Waals surface area contributed by atoms with Crippen LogP contribution in [-0.2, 0) is 0 Å². The summed E-state index contributed by atoms with van der Waals surface area (Å²) in [5.74, 6) is 3.37. The number of anilines is 3. The van der Waals surface area contributed by atoms with Crippen molar-refractivity contribution in [2.45, 2.75) is 25.7 Å². The number of rotatable bonds is 8. The van der Waals surface area contributed by atoms with Crippen LogP contribution in [0.2, 0.25) is 5.02 Å². The third-order valence-corrected chi connectivity index (χ3v) is 6.53. The van der Waals surface area contributed by atoms with Crippen LogP contribution in [0, 0.1) is 23.2 Å². The molecule has 1 aromatic carbocycles. The van der Waals surface area contributed by atoms with Gasteiger partial charge < -0.3 is 20.9 Å². The minimum absolute atomic E-state index is 0.588. The number of benzene rings is 1. The molecule has 2 fully saturated rings. The van der Waals surface area contributed by atoms with Crippen molar-refractivity contribution in [3.8, 4) is 0 Å². The zero-order valence-corrected chi connectivity index (χ0v) is 17.6. The first-order chi connectivity index (χ1) is 14.2. The zero-order chi connectivity index (χ0) is 20.2. The maximum atomic E-state index is 7.55. The quantitative estimate of drug-likeness (QED) is 0.555. The molecule has 29 heavy (non-hydrogen) atoms. The van der Waals surface area contributed by atoms with Crippen molar-refractivity contribution in [3.63, 3.8) is 0 Å². The summed E-state index contributed by atoms with van der Waals surface area (Å²) >= 11 is 5.89. The fraction of sp³-hybridized carbons (Fsp3) is 0.500. The Morgan fingerprint density at radius 1 is 1.24 bits per heavy atom. The Kier molecular flexibility index (Phi) is 6.19. The van der Waals surface area contributed by atoms with E-state index in [2.05, 4.69) is 31.6 Å². The van der Waals surface area contributed by atoms with Gasteiger partial charge in [-0.05, 0) is 61.6 Å². The molecule has 2 aromatic rings. The minimum atomic E-state index is 0.588. The lowest BCUT2D eigenvalue weighted by Gasteiger charge is -2.32. The lowest BCUT2D eigenvalue weighted by molar-refractivity contribution is 0.343. The van der Waals surface area contributed by atoms with Gasteiger partial charge >= 0.3 is 0 Å². The van der Waals surface area contributed by atoms with Crippen LogP contribution in [0.4, 0.5) is 17.3 Å². The van der Waals surface area contributed by atoms with E-state index in [9.17, 15) is 0 Å². The highest BCUT2D eigenvalue weighted by atomic mass is 35.5. The summed E-state index contributed by atoms with van der Waals surface area (Å²) in [6, 6.07) is 6.15. The molecule has 2 atom stereocenters. The van der Waals surface area contributed by atoms with Crippen molar-refractivity contribution in [1.29, 1.82) is 5.41 Å². The molecule has 2 aliphatic rings. The Labute approximate surface area is 177 Å². The summed E-state index contributed by atoms with van der Waals surface area (Å²) in [5, 5.41) is 14.8. The number of piperidine rings is 1. The van der Waals surface area contributed by atoms with E-state index in [-0.39, 0.29) is 0 Å². The average molecular weight is 413 g/mol. The van der Waals surface area contributed by atoms with Crippen molar-refractivity contribution < 1.29 is 0 Å². The van der Waals surface area contributed by atoms with Gasteiger partial charge in [0, 0.05) is 49.8 Å². The highest BCUT2D eigenvalue weighted by Gasteiger charge is 2.43. The minimum Gasteiger partial charge on any atom is -0.388 e. The predicted molar refractivity (Wildman–Crippen MR) is 121 cm³/mol. The highest BCUT2D eigenvalue weighted by Crippen LogP contribution is 2.49. The third-order valence-electron chi connectivity index (χ3n) is 6.33. The van der Waals surface area contributed by atoms with Crippen molar-refractivity contribution in [2.24, 2.45) is 17.8 Å². The van der Waals surface area contributed by atoms with Gasteiger partial charge in [-0.25, -0.2) is 9.97 Å². The second-order valence-corrected chi connectivity index (χ2v) is 8.53. The van der Waals surface area contributed by atoms with Crippen LogP contribution in [0.15, 0.2) is 30.6 Å². The van der Waals surface area contributed by atoms with Crippen LogP contribution >= 0.6 is 11.6 Å². The van der Waals surface area contributed by atoms with Gasteiger partial charge in [0.1, 0.15) is 0 Å². The number of aromatic nitrogens is 2. The summed E-state index contributed by atoms with van der Waals surface area (Å²) in [7, 11) is 1.88. The number of nitrogens with zero attached hydrogens (tertiary/aromatic N) is 3. The van der Waals surface area contributed by atoms with Gasteiger partial charge in [0.15, 0.2) is 0 Å². The van der Waals surface area contributed by atoms with Gasteiger partial charge in [-0.2, -0.15) is 0 Å². The van der Waals surface area contributed by atoms with E-state index in [0.717, 1.165) is 60.3 Å². The Balaban J connectivity index is 1.19. The van der Waals surface area contributed by atoms with Crippen LogP contribution in [-0.4, -0.2) is 42.9 Å². The molecular formula is C22H29ClN6. The molecule has 3 N–H and O–H groups in total. The van der Waals surface area contributed by atoms with Crippen molar-refractivity contribution in [3.05, 3.63) is 41.2 Å². The molecule has 1 aromatic heterocycles. The molecule has 6 nitrogen and oxygen atoms in total. The van der Waals surface area contributed by atoms with E-state index in [1.165, 1.54) is 31.9 Å². The van der Waals surface area contributed by atoms with Crippen LogP contribution in [0.1, 0.15) is 31.2 Å². The monoisotopic (exact) mass is 412 g/mol. The Morgan fingerprint density at radius 3 is 2.69 bits per heavy atom. The van der Waals surface area contributed by atoms with Gasteiger partial charge in [-0.3, -0.25) is 0 Å². The summed E-state index contributed by atoms with van der Waals surface area (Å²) in [6.45, 7) is 3.07. The number of hydrogen-bond donors (Lipinski definition) is 3. The van der Waals surface area contributed by atoms with E-state index in [0.29, 0.717) is 5.02 Å². The van der Waals surface area contributed by atoms with Gasteiger partial charge in [0.25, 0.3) is 0 Å². The normalized spacial score (nSPS) is 21.7. The first kappa shape index (κ1) is 20.0. The highest BCUT2D eigenvalue weighted by molar-refractivity contribution is 6.30. The van der Waals surface area contributed by atoms with Crippen LogP contribution in [0.25, 0.3) is 0 Å². The van der Waals surface area contributed by atoms with Crippen LogP contribution in [0.5, 0.6) is 0 Å². The number of hydrogen-bond acceptors (Lipinski definition) is 6. The molecule has 1 aliphatic carbocycles. The molecule has 1 saturated carbocycles. The first-order valence-corrected chi connectivity index (χ1v) is 10.8. The first-order valence-electron chi connectivity index (χ1n) is 10.5. The van der Waals surface area contributed by atoms with Gasteiger partial charge in [-0.1, -0.05) is 11.6 Å². The molecule has 0 amide bonds. The Hall–Kier alpha value is -2.34. The fourth-order valence-corrected chi connectivity index (χ4v) is 4.70. The lowest BCUT2D eigenvalue weighted by atomic mass is 9.90. The summed E-state index contributed by atoms with van der Waals surface area (Å²) in [5.41, 5.74) is 3.00. The predicted octanol–water partition coefficient (Wildman–Crippen LogP) is 4.52. The third kappa shape index (κ3) is 4.81. The topological polar surface area (TPSA) is 76.9 Å². The number of halogens is 1. The molecule has 0 radical (unpaired) electrons. The summed E-state index contributed by atoms with van der Waals surface area (Å²) in [4.78, 5) is 11.0. The van der Waals surface area contributed by atoms with E-state index >= 15 is 0 Å². The van der Waals surface area contributed by atoms with E-state index in [1.807, 2.05) is 19.2 Å². The van der Waals surface area contributed by atoms with E-state index in [1.54, 1.807) is 12.4 Å². The molecule has 1 aliphatic heterocycles. The molecule has 7 heteroatoms. The largest absolute Gasteiger partial charge is 0.388 e. The fourth-order valence-electron chi connectivity index (χ4n) is 4.60. The molecule has 0 spiro atoms. The summed E-state index contributed by atoms with van der Waals surface area (Å²) in [6.07, 6.45) is 9.81. The molecule has 0 bridgehead atoms. The van der Waals surface area contributed by atoms with Gasteiger partial charge in [0.05, 0.1) is 17.4 Å². The number of nitrogens with one attached hydrogen (secondary N) is 3. The maximum Gasteiger partial charge on any atom is 0.225 e. The lowest BCUT2D eigenvalue weighted by Crippen LogP contribution is -2.35. The molecule has 154 valence electrons. The zero-order valence-electron chi connectivity index (χ0n) is 16.9.